The van der Waals surface area contributed by atoms with E-state index in [9.17, 15) is 4.79 Å². The summed E-state index contributed by atoms with van der Waals surface area (Å²) < 4.78 is 0. The van der Waals surface area contributed by atoms with E-state index in [1.807, 2.05) is 25.1 Å². The van der Waals surface area contributed by atoms with Crippen molar-refractivity contribution in [3.8, 4) is 0 Å². The van der Waals surface area contributed by atoms with Gasteiger partial charge < -0.3 is 5.32 Å². The average molecular weight is 291 g/mol. The maximum Gasteiger partial charge on any atom is 0.373 e. The van der Waals surface area contributed by atoms with Crippen molar-refractivity contribution in [1.82, 2.24) is 5.32 Å². The summed E-state index contributed by atoms with van der Waals surface area (Å²) in [5.41, 5.74) is 1.58. The summed E-state index contributed by atoms with van der Waals surface area (Å²) in [6, 6.07) is 7.48. The number of hydrogen-bond donors (Lipinski definition) is 1. The van der Waals surface area contributed by atoms with Crippen molar-refractivity contribution in [3.05, 3.63) is 35.4 Å². The standard InChI is InChI=1S/C17H25NO3/c1-2-15-7-3-4-8-16(15)17(19)21-20-13-5-6-14-9-11-18-12-10-14/h3-4,7-8,14,18H,2,5-6,9-13H2,1H3. The molecule has 1 N–H and O–H groups in total. The third kappa shape index (κ3) is 5.14. The van der Waals surface area contributed by atoms with Crippen LogP contribution in [-0.2, 0) is 16.2 Å². The number of nitrogens with one attached hydrogen (secondary N) is 1. The highest BCUT2D eigenvalue weighted by Gasteiger charge is 2.14. The molecule has 0 bridgehead atoms. The molecule has 4 nitrogen and oxygen atoms in total. The summed E-state index contributed by atoms with van der Waals surface area (Å²) in [5.74, 6) is 0.390. The van der Waals surface area contributed by atoms with Crippen molar-refractivity contribution in [1.29, 1.82) is 0 Å². The number of benzene rings is 1. The Hall–Kier alpha value is -1.39. The molecule has 1 heterocycles. The number of carbonyl (C=O) groups is 1. The highest BCUT2D eigenvalue weighted by atomic mass is 17.2. The van der Waals surface area contributed by atoms with Crippen LogP contribution in [0.2, 0.25) is 0 Å². The van der Waals surface area contributed by atoms with Crippen molar-refractivity contribution in [2.24, 2.45) is 5.92 Å². The maximum absolute atomic E-state index is 11.9. The van der Waals surface area contributed by atoms with E-state index in [0.29, 0.717) is 12.2 Å². The summed E-state index contributed by atoms with van der Waals surface area (Å²) in [4.78, 5) is 21.9. The van der Waals surface area contributed by atoms with Crippen LogP contribution >= 0.6 is 0 Å². The molecule has 1 saturated heterocycles. The highest BCUT2D eigenvalue weighted by Crippen LogP contribution is 2.17. The molecule has 0 spiro atoms. The molecular formula is C17H25NO3. The molecule has 116 valence electrons. The van der Waals surface area contributed by atoms with E-state index in [0.717, 1.165) is 43.8 Å². The normalized spacial score (nSPS) is 15.9. The molecule has 1 aromatic carbocycles. The monoisotopic (exact) mass is 291 g/mol. The number of carbonyl (C=O) groups excluding carboxylic acids is 1. The maximum atomic E-state index is 11.9. The zero-order valence-electron chi connectivity index (χ0n) is 12.8. The van der Waals surface area contributed by atoms with Gasteiger partial charge in [-0.3, -0.25) is 4.89 Å². The summed E-state index contributed by atoms with van der Waals surface area (Å²) in [6.07, 6.45) is 5.37. The first-order chi connectivity index (χ1) is 10.3. The Balaban J connectivity index is 1.65. The molecular weight excluding hydrogens is 266 g/mol. The van der Waals surface area contributed by atoms with E-state index in [4.69, 9.17) is 9.78 Å². The van der Waals surface area contributed by atoms with Crippen molar-refractivity contribution in [2.75, 3.05) is 19.7 Å². The van der Waals surface area contributed by atoms with Crippen LogP contribution in [0.5, 0.6) is 0 Å². The molecule has 0 radical (unpaired) electrons. The van der Waals surface area contributed by atoms with Crippen LogP contribution in [0.1, 0.15) is 48.5 Å². The van der Waals surface area contributed by atoms with Gasteiger partial charge in [0.05, 0.1) is 12.2 Å². The SMILES string of the molecule is CCc1ccccc1C(=O)OOCCCC1CCNCC1. The van der Waals surface area contributed by atoms with Crippen molar-refractivity contribution in [2.45, 2.75) is 39.0 Å². The molecule has 0 aliphatic carbocycles. The Morgan fingerprint density at radius 1 is 1.29 bits per heavy atom. The third-order valence-electron chi connectivity index (χ3n) is 4.05. The van der Waals surface area contributed by atoms with Gasteiger partial charge in [0.25, 0.3) is 0 Å². The minimum absolute atomic E-state index is 0.394. The molecule has 0 aromatic heterocycles. The van der Waals surface area contributed by atoms with Crippen LogP contribution in [0.25, 0.3) is 0 Å². The van der Waals surface area contributed by atoms with Gasteiger partial charge in [0.2, 0.25) is 0 Å². The minimum Gasteiger partial charge on any atom is -0.317 e. The molecule has 0 amide bonds. The predicted molar refractivity (Wildman–Crippen MR) is 82.0 cm³/mol. The fourth-order valence-electron chi connectivity index (χ4n) is 2.77. The Morgan fingerprint density at radius 2 is 2.05 bits per heavy atom. The lowest BCUT2D eigenvalue weighted by molar-refractivity contribution is -0.241. The first-order valence-electron chi connectivity index (χ1n) is 7.93. The fraction of sp³-hybridized carbons (Fsp3) is 0.588. The lowest BCUT2D eigenvalue weighted by atomic mass is 9.93. The Kier molecular flexibility index (Phi) is 6.70. The van der Waals surface area contributed by atoms with Crippen LogP contribution in [0, 0.1) is 5.92 Å². The summed E-state index contributed by atoms with van der Waals surface area (Å²) in [6.45, 7) is 4.73. The summed E-state index contributed by atoms with van der Waals surface area (Å²) in [7, 11) is 0. The lowest BCUT2D eigenvalue weighted by Gasteiger charge is -2.22. The largest absolute Gasteiger partial charge is 0.373 e. The second-order valence-corrected chi connectivity index (χ2v) is 5.54. The second kappa shape index (κ2) is 8.80. The third-order valence-corrected chi connectivity index (χ3v) is 4.05. The van der Waals surface area contributed by atoms with Crippen molar-refractivity contribution >= 4 is 5.97 Å². The van der Waals surface area contributed by atoms with Crippen LogP contribution in [0.15, 0.2) is 24.3 Å². The number of piperidine rings is 1. The molecule has 1 aromatic rings. The molecule has 21 heavy (non-hydrogen) atoms. The smallest absolute Gasteiger partial charge is 0.317 e. The first kappa shape index (κ1) is 16.0. The fourth-order valence-corrected chi connectivity index (χ4v) is 2.77. The van der Waals surface area contributed by atoms with Crippen LogP contribution in [0.3, 0.4) is 0 Å². The van der Waals surface area contributed by atoms with Gasteiger partial charge in [0.15, 0.2) is 0 Å². The van der Waals surface area contributed by atoms with Gasteiger partial charge in [-0.1, -0.05) is 25.1 Å². The summed E-state index contributed by atoms with van der Waals surface area (Å²) in [5, 5.41) is 3.36. The van der Waals surface area contributed by atoms with Gasteiger partial charge in [0.1, 0.15) is 0 Å². The second-order valence-electron chi connectivity index (χ2n) is 5.54. The Morgan fingerprint density at radius 3 is 2.81 bits per heavy atom. The van der Waals surface area contributed by atoms with Crippen LogP contribution in [0.4, 0.5) is 0 Å². The Labute approximate surface area is 126 Å². The van der Waals surface area contributed by atoms with Gasteiger partial charge in [-0.15, -0.1) is 0 Å². The van der Waals surface area contributed by atoms with Gasteiger partial charge in [-0.2, -0.15) is 4.89 Å². The number of hydrogen-bond acceptors (Lipinski definition) is 4. The first-order valence-corrected chi connectivity index (χ1v) is 7.93. The predicted octanol–water partition coefficient (Wildman–Crippen LogP) is 3.12. The topological polar surface area (TPSA) is 47.6 Å². The average Bonchev–Trinajstić information content (AvgIpc) is 2.55. The molecule has 4 heteroatoms. The minimum atomic E-state index is -0.394. The molecule has 0 unspecified atom stereocenters. The molecule has 0 saturated carbocycles. The molecule has 1 fully saturated rings. The number of rotatable bonds is 7. The summed E-state index contributed by atoms with van der Waals surface area (Å²) >= 11 is 0. The molecule has 2 rings (SSSR count). The van der Waals surface area contributed by atoms with E-state index in [1.54, 1.807) is 6.07 Å². The lowest BCUT2D eigenvalue weighted by Crippen LogP contribution is -2.27. The van der Waals surface area contributed by atoms with E-state index < -0.39 is 5.97 Å². The highest BCUT2D eigenvalue weighted by molar-refractivity contribution is 5.90. The van der Waals surface area contributed by atoms with Crippen molar-refractivity contribution < 1.29 is 14.6 Å². The van der Waals surface area contributed by atoms with E-state index in [1.165, 1.54) is 12.8 Å². The molecule has 1 aliphatic rings. The van der Waals surface area contributed by atoms with Crippen LogP contribution < -0.4 is 5.32 Å². The molecule has 0 atom stereocenters. The zero-order chi connectivity index (χ0) is 14.9. The van der Waals surface area contributed by atoms with Gasteiger partial charge >= 0.3 is 5.97 Å². The van der Waals surface area contributed by atoms with E-state index in [-0.39, 0.29) is 0 Å². The van der Waals surface area contributed by atoms with E-state index in [2.05, 4.69) is 5.32 Å². The van der Waals surface area contributed by atoms with Gasteiger partial charge in [-0.25, -0.2) is 4.79 Å². The van der Waals surface area contributed by atoms with Gasteiger partial charge in [-0.05, 0) is 62.7 Å². The van der Waals surface area contributed by atoms with Gasteiger partial charge in [0, 0.05) is 0 Å². The van der Waals surface area contributed by atoms with E-state index >= 15 is 0 Å². The Bertz CT molecular complexity index is 441. The number of aryl methyl sites for hydroxylation is 1. The quantitative estimate of drug-likeness (QED) is 0.476. The zero-order valence-corrected chi connectivity index (χ0v) is 12.8. The van der Waals surface area contributed by atoms with Crippen molar-refractivity contribution in [3.63, 3.8) is 0 Å². The molecule has 1 aliphatic heterocycles. The van der Waals surface area contributed by atoms with Crippen LogP contribution in [-0.4, -0.2) is 25.7 Å².